The average Bonchev–Trinajstić information content (AvgIpc) is 2.64. The average molecular weight is 366 g/mol. The number of aliphatic imine (C=N–C) groups is 1. The first-order chi connectivity index (χ1) is 12.2. The predicted molar refractivity (Wildman–Crippen MR) is 105 cm³/mol. The highest BCUT2D eigenvalue weighted by Gasteiger charge is 2.21. The molecule has 0 aliphatic carbocycles. The minimum absolute atomic E-state index is 0.0352. The van der Waals surface area contributed by atoms with Gasteiger partial charge in [0, 0.05) is 39.3 Å². The number of hydrogen-bond acceptors (Lipinski definition) is 3. The fraction of sp³-hybridized carbons (Fsp3) is 0.556. The number of carbonyl (C=O) groups is 1. The third-order valence-corrected chi connectivity index (χ3v) is 4.37. The van der Waals surface area contributed by atoms with Gasteiger partial charge in [-0.25, -0.2) is 4.99 Å². The number of amides is 1. The van der Waals surface area contributed by atoms with Gasteiger partial charge in [-0.1, -0.05) is 30.7 Å². The molecule has 1 fully saturated rings. The molecule has 6 nitrogen and oxygen atoms in total. The van der Waals surface area contributed by atoms with Gasteiger partial charge in [0.05, 0.1) is 10.7 Å². The van der Waals surface area contributed by atoms with Crippen LogP contribution in [0, 0.1) is 0 Å². The molecule has 1 aliphatic rings. The Balaban J connectivity index is 1.93. The molecule has 0 unspecified atom stereocenters. The SMILES string of the molecule is CCCNC(=O)CN=C(NCC)N1CCN(c2ccccc2Cl)CC1. The van der Waals surface area contributed by atoms with Crippen molar-refractivity contribution < 1.29 is 4.79 Å². The lowest BCUT2D eigenvalue weighted by Gasteiger charge is -2.38. The van der Waals surface area contributed by atoms with Crippen molar-refractivity contribution in [2.45, 2.75) is 20.3 Å². The minimum Gasteiger partial charge on any atom is -0.367 e. The maximum absolute atomic E-state index is 11.8. The van der Waals surface area contributed by atoms with Gasteiger partial charge in [-0.3, -0.25) is 4.79 Å². The topological polar surface area (TPSA) is 60.0 Å². The molecule has 0 saturated carbocycles. The zero-order valence-corrected chi connectivity index (χ0v) is 15.9. The van der Waals surface area contributed by atoms with Gasteiger partial charge in [0.25, 0.3) is 0 Å². The minimum atomic E-state index is -0.0352. The number of hydrogen-bond donors (Lipinski definition) is 2. The number of piperazine rings is 1. The van der Waals surface area contributed by atoms with Crippen LogP contribution >= 0.6 is 11.6 Å². The summed E-state index contributed by atoms with van der Waals surface area (Å²) in [5, 5.41) is 6.92. The van der Waals surface area contributed by atoms with Crippen molar-refractivity contribution in [1.29, 1.82) is 0 Å². The predicted octanol–water partition coefficient (Wildman–Crippen LogP) is 1.95. The van der Waals surface area contributed by atoms with Crippen molar-refractivity contribution in [2.75, 3.05) is 50.7 Å². The third kappa shape index (κ3) is 5.81. The second kappa shape index (κ2) is 10.1. The highest BCUT2D eigenvalue weighted by atomic mass is 35.5. The molecular formula is C18H28ClN5O. The van der Waals surface area contributed by atoms with Gasteiger partial charge in [0.15, 0.2) is 5.96 Å². The molecule has 25 heavy (non-hydrogen) atoms. The number of nitrogens with one attached hydrogen (secondary N) is 2. The van der Waals surface area contributed by atoms with Crippen LogP contribution in [0.2, 0.25) is 5.02 Å². The summed E-state index contributed by atoms with van der Waals surface area (Å²) in [4.78, 5) is 20.7. The molecule has 2 rings (SSSR count). The van der Waals surface area contributed by atoms with E-state index in [-0.39, 0.29) is 12.5 Å². The van der Waals surface area contributed by atoms with E-state index >= 15 is 0 Å². The summed E-state index contributed by atoms with van der Waals surface area (Å²) in [6.07, 6.45) is 0.930. The Labute approximate surface area is 155 Å². The number of rotatable bonds is 6. The first-order valence-electron chi connectivity index (χ1n) is 8.95. The number of nitrogens with zero attached hydrogens (tertiary/aromatic N) is 3. The molecule has 1 heterocycles. The zero-order chi connectivity index (χ0) is 18.1. The lowest BCUT2D eigenvalue weighted by Crippen LogP contribution is -2.52. The zero-order valence-electron chi connectivity index (χ0n) is 15.1. The van der Waals surface area contributed by atoms with Crippen LogP contribution in [0.3, 0.4) is 0 Å². The van der Waals surface area contributed by atoms with Crippen molar-refractivity contribution in [1.82, 2.24) is 15.5 Å². The van der Waals surface area contributed by atoms with E-state index in [4.69, 9.17) is 11.6 Å². The largest absolute Gasteiger partial charge is 0.367 e. The highest BCUT2D eigenvalue weighted by molar-refractivity contribution is 6.33. The Morgan fingerprint density at radius 1 is 1.16 bits per heavy atom. The van der Waals surface area contributed by atoms with Gasteiger partial charge in [-0.05, 0) is 25.5 Å². The van der Waals surface area contributed by atoms with Crippen LogP contribution in [0.15, 0.2) is 29.3 Å². The van der Waals surface area contributed by atoms with Crippen molar-refractivity contribution >= 4 is 29.2 Å². The van der Waals surface area contributed by atoms with Crippen LogP contribution in [0.25, 0.3) is 0 Å². The molecule has 0 bridgehead atoms. The van der Waals surface area contributed by atoms with Gasteiger partial charge >= 0.3 is 0 Å². The van der Waals surface area contributed by atoms with E-state index in [9.17, 15) is 4.79 Å². The van der Waals surface area contributed by atoms with Crippen LogP contribution in [0.1, 0.15) is 20.3 Å². The Hall–Kier alpha value is -1.95. The molecule has 138 valence electrons. The van der Waals surface area contributed by atoms with E-state index in [0.29, 0.717) is 6.54 Å². The van der Waals surface area contributed by atoms with Gasteiger partial charge in [-0.2, -0.15) is 0 Å². The highest BCUT2D eigenvalue weighted by Crippen LogP contribution is 2.25. The van der Waals surface area contributed by atoms with Crippen LogP contribution in [-0.4, -0.2) is 62.6 Å². The summed E-state index contributed by atoms with van der Waals surface area (Å²) in [7, 11) is 0. The third-order valence-electron chi connectivity index (χ3n) is 4.05. The number of carbonyl (C=O) groups excluding carboxylic acids is 1. The Bertz CT molecular complexity index is 585. The Kier molecular flexibility index (Phi) is 7.85. The molecule has 0 aromatic heterocycles. The monoisotopic (exact) mass is 365 g/mol. The molecule has 7 heteroatoms. The maximum Gasteiger partial charge on any atom is 0.241 e. The molecule has 2 N–H and O–H groups in total. The van der Waals surface area contributed by atoms with Crippen LogP contribution in [0.5, 0.6) is 0 Å². The van der Waals surface area contributed by atoms with Crippen LogP contribution in [-0.2, 0) is 4.79 Å². The molecule has 1 aromatic rings. The van der Waals surface area contributed by atoms with E-state index in [1.54, 1.807) is 0 Å². The summed E-state index contributed by atoms with van der Waals surface area (Å²) in [6, 6.07) is 7.93. The van der Waals surface area contributed by atoms with Crippen molar-refractivity contribution in [3.05, 3.63) is 29.3 Å². The van der Waals surface area contributed by atoms with Gasteiger partial charge < -0.3 is 20.4 Å². The molecule has 1 saturated heterocycles. The number of para-hydroxylation sites is 1. The van der Waals surface area contributed by atoms with Gasteiger partial charge in [0.2, 0.25) is 5.91 Å². The number of guanidine groups is 1. The van der Waals surface area contributed by atoms with Crippen molar-refractivity contribution in [3.8, 4) is 0 Å². The van der Waals surface area contributed by atoms with E-state index in [0.717, 1.165) is 55.8 Å². The van der Waals surface area contributed by atoms with E-state index in [2.05, 4.69) is 31.5 Å². The summed E-state index contributed by atoms with van der Waals surface area (Å²) < 4.78 is 0. The van der Waals surface area contributed by atoms with Gasteiger partial charge in [-0.15, -0.1) is 0 Å². The normalized spacial score (nSPS) is 15.2. The van der Waals surface area contributed by atoms with Crippen molar-refractivity contribution in [3.63, 3.8) is 0 Å². The summed E-state index contributed by atoms with van der Waals surface area (Å²) in [6.45, 7) is 9.13. The fourth-order valence-corrected chi connectivity index (χ4v) is 3.02. The summed E-state index contributed by atoms with van der Waals surface area (Å²) in [5.74, 6) is 0.764. The summed E-state index contributed by atoms with van der Waals surface area (Å²) >= 11 is 6.30. The lowest BCUT2D eigenvalue weighted by molar-refractivity contribution is -0.119. The molecular weight excluding hydrogens is 338 g/mol. The second-order valence-corrected chi connectivity index (χ2v) is 6.35. The van der Waals surface area contributed by atoms with E-state index < -0.39 is 0 Å². The van der Waals surface area contributed by atoms with Crippen molar-refractivity contribution in [2.24, 2.45) is 4.99 Å². The molecule has 0 radical (unpaired) electrons. The smallest absolute Gasteiger partial charge is 0.241 e. The standard InChI is InChI=1S/C18H28ClN5O/c1-3-9-21-17(25)14-22-18(20-4-2)24-12-10-23(11-13-24)16-8-6-5-7-15(16)19/h5-8H,3-4,9-14H2,1-2H3,(H,20,22)(H,21,25). The fourth-order valence-electron chi connectivity index (χ4n) is 2.76. The molecule has 1 aromatic carbocycles. The summed E-state index contributed by atoms with van der Waals surface area (Å²) in [5.41, 5.74) is 1.07. The Morgan fingerprint density at radius 2 is 1.88 bits per heavy atom. The number of halogens is 1. The maximum atomic E-state index is 11.8. The Morgan fingerprint density at radius 3 is 2.52 bits per heavy atom. The molecule has 1 aliphatic heterocycles. The number of benzene rings is 1. The van der Waals surface area contributed by atoms with E-state index in [1.807, 2.05) is 32.0 Å². The van der Waals surface area contributed by atoms with Crippen LogP contribution < -0.4 is 15.5 Å². The molecule has 0 atom stereocenters. The first kappa shape index (κ1) is 19.4. The van der Waals surface area contributed by atoms with Crippen LogP contribution in [0.4, 0.5) is 5.69 Å². The quantitative estimate of drug-likeness (QED) is 0.597. The molecule has 1 amide bonds. The first-order valence-corrected chi connectivity index (χ1v) is 9.33. The van der Waals surface area contributed by atoms with Gasteiger partial charge in [0.1, 0.15) is 6.54 Å². The lowest BCUT2D eigenvalue weighted by atomic mass is 10.2. The van der Waals surface area contributed by atoms with E-state index in [1.165, 1.54) is 0 Å². The molecule has 0 spiro atoms. The second-order valence-electron chi connectivity index (χ2n) is 5.95. The number of anilines is 1.